The lowest BCUT2D eigenvalue weighted by atomic mass is 10.1. The van der Waals surface area contributed by atoms with Gasteiger partial charge in [-0.25, -0.2) is 4.39 Å². The van der Waals surface area contributed by atoms with Crippen molar-refractivity contribution in [2.24, 2.45) is 5.73 Å². The van der Waals surface area contributed by atoms with Gasteiger partial charge in [0.15, 0.2) is 5.78 Å². The Labute approximate surface area is 94.4 Å². The normalized spacial score (nSPS) is 12.6. The minimum Gasteiger partial charge on any atom is -0.321 e. The quantitative estimate of drug-likeness (QED) is 0.669. The van der Waals surface area contributed by atoms with Gasteiger partial charge in [0, 0.05) is 0 Å². The molecule has 0 radical (unpaired) electrons. The van der Waals surface area contributed by atoms with Gasteiger partial charge in [0.1, 0.15) is 5.82 Å². The van der Waals surface area contributed by atoms with Crippen LogP contribution in [-0.2, 0) is 0 Å². The van der Waals surface area contributed by atoms with Crippen molar-refractivity contribution in [3.8, 4) is 0 Å². The Bertz CT molecular complexity index is 381. The van der Waals surface area contributed by atoms with Gasteiger partial charge in [-0.15, -0.1) is 0 Å². The van der Waals surface area contributed by atoms with Crippen LogP contribution in [0.4, 0.5) is 4.39 Å². The molecule has 0 aliphatic heterocycles. The molecule has 2 N–H and O–H groups in total. The second-order valence-electron chi connectivity index (χ2n) is 2.87. The summed E-state index contributed by atoms with van der Waals surface area (Å²) in [4.78, 5) is 11.5. The van der Waals surface area contributed by atoms with Crippen molar-refractivity contribution in [2.75, 3.05) is 0 Å². The lowest BCUT2D eigenvalue weighted by Crippen LogP contribution is -2.27. The number of ketones is 1. The number of nitrogens with two attached hydrogens (primary N) is 1. The van der Waals surface area contributed by atoms with Crippen LogP contribution in [0.2, 0.25) is 5.02 Å². The molecular weight excluding hydrogens is 272 g/mol. The van der Waals surface area contributed by atoms with Gasteiger partial charge >= 0.3 is 0 Å². The molecule has 0 aliphatic rings. The number of benzene rings is 1. The molecular formula is C9H8BrClFNO. The van der Waals surface area contributed by atoms with Crippen molar-refractivity contribution < 1.29 is 9.18 Å². The minimum absolute atomic E-state index is 0.0769. The van der Waals surface area contributed by atoms with E-state index in [1.165, 1.54) is 19.1 Å². The fourth-order valence-corrected chi connectivity index (χ4v) is 1.55. The number of hydrogen-bond acceptors (Lipinski definition) is 2. The Kier molecular flexibility index (Phi) is 3.64. The lowest BCUT2D eigenvalue weighted by molar-refractivity contribution is 0.0964. The van der Waals surface area contributed by atoms with Crippen LogP contribution >= 0.6 is 27.5 Å². The molecule has 0 saturated carbocycles. The van der Waals surface area contributed by atoms with Gasteiger partial charge in [-0.1, -0.05) is 11.6 Å². The Morgan fingerprint density at radius 2 is 2.21 bits per heavy atom. The zero-order valence-corrected chi connectivity index (χ0v) is 9.69. The molecule has 0 aromatic heterocycles. The van der Waals surface area contributed by atoms with E-state index in [2.05, 4.69) is 15.9 Å². The third-order valence-corrected chi connectivity index (χ3v) is 2.63. The Morgan fingerprint density at radius 3 is 2.71 bits per heavy atom. The molecule has 0 fully saturated rings. The lowest BCUT2D eigenvalue weighted by Gasteiger charge is -2.08. The first kappa shape index (κ1) is 11.6. The molecule has 0 aliphatic carbocycles. The fourth-order valence-electron chi connectivity index (χ4n) is 0.981. The first-order valence-electron chi connectivity index (χ1n) is 3.88. The second kappa shape index (κ2) is 4.38. The summed E-state index contributed by atoms with van der Waals surface area (Å²) >= 11 is 8.67. The molecule has 0 spiro atoms. The summed E-state index contributed by atoms with van der Waals surface area (Å²) in [6.45, 7) is 1.49. The molecule has 0 bridgehead atoms. The van der Waals surface area contributed by atoms with Gasteiger partial charge in [0.25, 0.3) is 0 Å². The fraction of sp³-hybridized carbons (Fsp3) is 0.222. The van der Waals surface area contributed by atoms with Crippen LogP contribution in [-0.4, -0.2) is 11.8 Å². The van der Waals surface area contributed by atoms with Crippen molar-refractivity contribution in [3.63, 3.8) is 0 Å². The highest BCUT2D eigenvalue weighted by atomic mass is 79.9. The highest BCUT2D eigenvalue weighted by Gasteiger charge is 2.20. The third-order valence-electron chi connectivity index (χ3n) is 1.70. The van der Waals surface area contributed by atoms with Crippen LogP contribution in [0.3, 0.4) is 0 Å². The highest BCUT2D eigenvalue weighted by molar-refractivity contribution is 9.10. The zero-order chi connectivity index (χ0) is 10.9. The molecule has 0 saturated heterocycles. The molecule has 1 aromatic rings. The molecule has 5 heteroatoms. The van der Waals surface area contributed by atoms with Gasteiger partial charge in [-0.2, -0.15) is 0 Å². The van der Waals surface area contributed by atoms with Crippen LogP contribution in [0.15, 0.2) is 16.6 Å². The van der Waals surface area contributed by atoms with E-state index in [1.807, 2.05) is 0 Å². The monoisotopic (exact) mass is 279 g/mol. The smallest absolute Gasteiger partial charge is 0.183 e. The van der Waals surface area contributed by atoms with E-state index in [0.29, 0.717) is 0 Å². The standard InChI is InChI=1S/C9H8BrClFNO/c1-4(13)9(14)7-6(11)3-2-5(10)8(7)12/h2-4H,13H2,1H3. The van der Waals surface area contributed by atoms with Gasteiger partial charge in [-0.3, -0.25) is 4.79 Å². The van der Waals surface area contributed by atoms with Crippen LogP contribution in [0.25, 0.3) is 0 Å². The van der Waals surface area contributed by atoms with E-state index in [4.69, 9.17) is 17.3 Å². The molecule has 0 heterocycles. The van der Waals surface area contributed by atoms with E-state index in [-0.39, 0.29) is 15.1 Å². The number of carbonyl (C=O) groups excluding carboxylic acids is 1. The van der Waals surface area contributed by atoms with Crippen LogP contribution < -0.4 is 5.73 Å². The molecule has 14 heavy (non-hydrogen) atoms. The zero-order valence-electron chi connectivity index (χ0n) is 7.35. The van der Waals surface area contributed by atoms with Crippen molar-refractivity contribution in [1.29, 1.82) is 0 Å². The Morgan fingerprint density at radius 1 is 1.64 bits per heavy atom. The SMILES string of the molecule is CC(N)C(=O)c1c(Cl)ccc(Br)c1F. The average molecular weight is 281 g/mol. The number of Topliss-reactive ketones (excluding diaryl/α,β-unsaturated/α-hetero) is 1. The van der Waals surface area contributed by atoms with Crippen LogP contribution in [0.1, 0.15) is 17.3 Å². The molecule has 2 nitrogen and oxygen atoms in total. The second-order valence-corrected chi connectivity index (χ2v) is 4.13. The maximum absolute atomic E-state index is 13.5. The first-order chi connectivity index (χ1) is 6.45. The summed E-state index contributed by atoms with van der Waals surface area (Å²) in [6, 6.07) is 2.12. The van der Waals surface area contributed by atoms with Gasteiger partial charge in [-0.05, 0) is 35.0 Å². The summed E-state index contributed by atoms with van der Waals surface area (Å²) in [5.74, 6) is -1.17. The summed E-state index contributed by atoms with van der Waals surface area (Å²) in [5.41, 5.74) is 5.21. The number of halogens is 3. The number of hydrogen-bond donors (Lipinski definition) is 1. The van der Waals surface area contributed by atoms with Gasteiger partial charge in [0.05, 0.1) is 21.1 Å². The predicted octanol–water partition coefficient (Wildman–Crippen LogP) is 2.77. The molecule has 0 amide bonds. The summed E-state index contributed by atoms with van der Waals surface area (Å²) in [6.07, 6.45) is 0. The van der Waals surface area contributed by atoms with E-state index >= 15 is 0 Å². The van der Waals surface area contributed by atoms with Crippen molar-refractivity contribution >= 4 is 33.3 Å². The molecule has 76 valence electrons. The maximum atomic E-state index is 13.5. The van der Waals surface area contributed by atoms with Gasteiger partial charge in [0.2, 0.25) is 0 Å². The van der Waals surface area contributed by atoms with Crippen molar-refractivity contribution in [2.45, 2.75) is 13.0 Å². The van der Waals surface area contributed by atoms with E-state index in [0.717, 1.165) is 0 Å². The summed E-state index contributed by atoms with van der Waals surface area (Å²) < 4.78 is 13.7. The summed E-state index contributed by atoms with van der Waals surface area (Å²) in [7, 11) is 0. The van der Waals surface area contributed by atoms with E-state index in [1.54, 1.807) is 0 Å². The van der Waals surface area contributed by atoms with Crippen molar-refractivity contribution in [3.05, 3.63) is 33.0 Å². The Balaban J connectivity index is 3.33. The summed E-state index contributed by atoms with van der Waals surface area (Å²) in [5, 5.41) is 0.0769. The molecule has 1 atom stereocenters. The third kappa shape index (κ3) is 2.13. The predicted molar refractivity (Wildman–Crippen MR) is 57.1 cm³/mol. The van der Waals surface area contributed by atoms with Crippen LogP contribution in [0.5, 0.6) is 0 Å². The topological polar surface area (TPSA) is 43.1 Å². The number of rotatable bonds is 2. The van der Waals surface area contributed by atoms with E-state index < -0.39 is 17.6 Å². The molecule has 1 rings (SSSR count). The Hall–Kier alpha value is -0.450. The maximum Gasteiger partial charge on any atom is 0.183 e. The molecule has 1 unspecified atom stereocenters. The average Bonchev–Trinajstić information content (AvgIpc) is 2.12. The first-order valence-corrected chi connectivity index (χ1v) is 5.05. The largest absolute Gasteiger partial charge is 0.321 e. The highest BCUT2D eigenvalue weighted by Crippen LogP contribution is 2.26. The number of carbonyl (C=O) groups is 1. The van der Waals surface area contributed by atoms with E-state index in [9.17, 15) is 9.18 Å². The van der Waals surface area contributed by atoms with Crippen molar-refractivity contribution in [1.82, 2.24) is 0 Å². The minimum atomic E-state index is -0.767. The van der Waals surface area contributed by atoms with Crippen LogP contribution in [0, 0.1) is 5.82 Å². The molecule has 1 aromatic carbocycles. The van der Waals surface area contributed by atoms with Gasteiger partial charge < -0.3 is 5.73 Å².